The fourth-order valence-corrected chi connectivity index (χ4v) is 2.51. The molecule has 0 saturated carbocycles. The highest BCUT2D eigenvalue weighted by atomic mass is 16.5. The number of rotatable bonds is 6. The number of nitrogens with one attached hydrogen (secondary N) is 1. The Morgan fingerprint density at radius 2 is 1.46 bits per heavy atom. The maximum atomic E-state index is 12.4. The van der Waals surface area contributed by atoms with Crippen LogP contribution in [-0.4, -0.2) is 32.2 Å². The Morgan fingerprint density at radius 3 is 1.93 bits per heavy atom. The fraction of sp³-hybridized carbons (Fsp3) is 0.364. The molecular weight excluding hydrogens is 358 g/mol. The lowest BCUT2D eigenvalue weighted by molar-refractivity contribution is -0.123. The van der Waals surface area contributed by atoms with Crippen LogP contribution in [0.3, 0.4) is 0 Å². The predicted molar refractivity (Wildman–Crippen MR) is 108 cm³/mol. The van der Waals surface area contributed by atoms with E-state index in [1.807, 2.05) is 12.1 Å². The molecular formula is C22H27NO5. The molecule has 1 atom stereocenters. The molecule has 6 nitrogen and oxygen atoms in total. The van der Waals surface area contributed by atoms with E-state index in [4.69, 9.17) is 14.2 Å². The number of carbonyl (C=O) groups is 2. The first-order valence-electron chi connectivity index (χ1n) is 8.99. The number of anilines is 1. The van der Waals surface area contributed by atoms with Gasteiger partial charge in [-0.25, -0.2) is 4.79 Å². The van der Waals surface area contributed by atoms with Crippen molar-refractivity contribution in [3.8, 4) is 11.5 Å². The third kappa shape index (κ3) is 5.49. The lowest BCUT2D eigenvalue weighted by Crippen LogP contribution is -2.30. The van der Waals surface area contributed by atoms with Gasteiger partial charge in [0.2, 0.25) is 0 Å². The highest BCUT2D eigenvalue weighted by Crippen LogP contribution is 2.26. The molecule has 2 rings (SSSR count). The Kier molecular flexibility index (Phi) is 6.67. The Balaban J connectivity index is 2.03. The quantitative estimate of drug-likeness (QED) is 0.755. The van der Waals surface area contributed by atoms with Crippen molar-refractivity contribution in [2.75, 3.05) is 19.5 Å². The van der Waals surface area contributed by atoms with E-state index in [1.165, 1.54) is 21.1 Å². The van der Waals surface area contributed by atoms with Gasteiger partial charge in [0.25, 0.3) is 5.91 Å². The van der Waals surface area contributed by atoms with Crippen molar-refractivity contribution in [1.82, 2.24) is 0 Å². The maximum Gasteiger partial charge on any atom is 0.338 e. The Morgan fingerprint density at radius 1 is 0.929 bits per heavy atom. The van der Waals surface area contributed by atoms with E-state index < -0.39 is 18.0 Å². The van der Waals surface area contributed by atoms with Gasteiger partial charge in [0, 0.05) is 23.9 Å². The van der Waals surface area contributed by atoms with Gasteiger partial charge in [-0.3, -0.25) is 4.79 Å². The molecule has 1 N–H and O–H groups in total. The van der Waals surface area contributed by atoms with Crippen molar-refractivity contribution in [2.45, 2.75) is 39.2 Å². The zero-order valence-electron chi connectivity index (χ0n) is 17.2. The van der Waals surface area contributed by atoms with Crippen molar-refractivity contribution >= 4 is 17.6 Å². The highest BCUT2D eigenvalue weighted by Gasteiger charge is 2.20. The molecule has 1 unspecified atom stereocenters. The van der Waals surface area contributed by atoms with Crippen molar-refractivity contribution in [3.63, 3.8) is 0 Å². The second kappa shape index (κ2) is 8.78. The molecule has 0 aliphatic rings. The molecule has 1 amide bonds. The first-order chi connectivity index (χ1) is 13.1. The van der Waals surface area contributed by atoms with Gasteiger partial charge in [-0.15, -0.1) is 0 Å². The van der Waals surface area contributed by atoms with Gasteiger partial charge in [0.1, 0.15) is 11.5 Å². The zero-order chi connectivity index (χ0) is 20.9. The van der Waals surface area contributed by atoms with Gasteiger partial charge in [-0.05, 0) is 30.0 Å². The summed E-state index contributed by atoms with van der Waals surface area (Å²) in [6, 6.07) is 12.2. The molecule has 0 bridgehead atoms. The third-order valence-electron chi connectivity index (χ3n) is 4.26. The van der Waals surface area contributed by atoms with Crippen LogP contribution in [0, 0.1) is 0 Å². The number of hydrogen-bond acceptors (Lipinski definition) is 5. The monoisotopic (exact) mass is 385 g/mol. The first-order valence-corrected chi connectivity index (χ1v) is 8.99. The average Bonchev–Trinajstić information content (AvgIpc) is 2.66. The van der Waals surface area contributed by atoms with Crippen LogP contribution in [0.25, 0.3) is 0 Å². The van der Waals surface area contributed by atoms with Gasteiger partial charge in [-0.1, -0.05) is 32.9 Å². The predicted octanol–water partition coefficient (Wildman–Crippen LogP) is 4.19. The van der Waals surface area contributed by atoms with Gasteiger partial charge in [-0.2, -0.15) is 0 Å². The number of amides is 1. The number of esters is 1. The minimum atomic E-state index is -0.966. The summed E-state index contributed by atoms with van der Waals surface area (Å²) in [7, 11) is 3.05. The molecule has 0 aromatic heterocycles. The smallest absolute Gasteiger partial charge is 0.338 e. The van der Waals surface area contributed by atoms with Gasteiger partial charge in [0.15, 0.2) is 6.10 Å². The minimum absolute atomic E-state index is 0.00654. The molecule has 0 spiro atoms. The van der Waals surface area contributed by atoms with Crippen LogP contribution < -0.4 is 14.8 Å². The molecule has 0 saturated heterocycles. The van der Waals surface area contributed by atoms with Crippen LogP contribution in [0.15, 0.2) is 42.5 Å². The second-order valence-corrected chi connectivity index (χ2v) is 7.47. The molecule has 0 aliphatic carbocycles. The Hall–Kier alpha value is -3.02. The van der Waals surface area contributed by atoms with Crippen molar-refractivity contribution in [2.24, 2.45) is 0 Å². The Bertz CT molecular complexity index is 815. The van der Waals surface area contributed by atoms with E-state index in [1.54, 1.807) is 30.3 Å². The maximum absolute atomic E-state index is 12.4. The van der Waals surface area contributed by atoms with Crippen molar-refractivity contribution in [3.05, 3.63) is 53.6 Å². The molecule has 0 fully saturated rings. The zero-order valence-corrected chi connectivity index (χ0v) is 17.2. The summed E-state index contributed by atoms with van der Waals surface area (Å²) in [6.07, 6.45) is -0.966. The van der Waals surface area contributed by atoms with E-state index in [-0.39, 0.29) is 5.41 Å². The van der Waals surface area contributed by atoms with Crippen LogP contribution in [0.2, 0.25) is 0 Å². The average molecular weight is 385 g/mol. The van der Waals surface area contributed by atoms with E-state index >= 15 is 0 Å². The van der Waals surface area contributed by atoms with E-state index in [2.05, 4.69) is 26.1 Å². The van der Waals surface area contributed by atoms with Crippen LogP contribution in [0.4, 0.5) is 5.69 Å². The SMILES string of the molecule is COc1cc(NC(=O)C(C)OC(=O)c2ccc(C(C)(C)C)cc2)cc(OC)c1. The topological polar surface area (TPSA) is 73.9 Å². The third-order valence-corrected chi connectivity index (χ3v) is 4.26. The molecule has 28 heavy (non-hydrogen) atoms. The number of ether oxygens (including phenoxy) is 3. The molecule has 0 heterocycles. The van der Waals surface area contributed by atoms with Gasteiger partial charge < -0.3 is 19.5 Å². The van der Waals surface area contributed by atoms with Crippen LogP contribution in [0.1, 0.15) is 43.6 Å². The fourth-order valence-electron chi connectivity index (χ4n) is 2.51. The molecule has 2 aromatic rings. The Labute approximate surface area is 165 Å². The minimum Gasteiger partial charge on any atom is -0.497 e. The van der Waals surface area contributed by atoms with Crippen molar-refractivity contribution in [1.29, 1.82) is 0 Å². The molecule has 0 radical (unpaired) electrons. The summed E-state index contributed by atoms with van der Waals surface area (Å²) in [4.78, 5) is 24.7. The normalized spacial score (nSPS) is 12.1. The van der Waals surface area contributed by atoms with E-state index in [9.17, 15) is 9.59 Å². The summed E-state index contributed by atoms with van der Waals surface area (Å²) in [5, 5.41) is 2.70. The number of hydrogen-bond donors (Lipinski definition) is 1. The molecule has 2 aromatic carbocycles. The summed E-state index contributed by atoms with van der Waals surface area (Å²) in [5.41, 5.74) is 1.99. The van der Waals surface area contributed by atoms with Crippen LogP contribution >= 0.6 is 0 Å². The van der Waals surface area contributed by atoms with Crippen LogP contribution in [0.5, 0.6) is 11.5 Å². The standard InChI is InChI=1S/C22H27NO5/c1-14(20(24)23-17-11-18(26-5)13-19(12-17)27-6)28-21(25)15-7-9-16(10-8-15)22(2,3)4/h7-14H,1-6H3,(H,23,24). The highest BCUT2D eigenvalue weighted by molar-refractivity contribution is 5.97. The van der Waals surface area contributed by atoms with Crippen molar-refractivity contribution < 1.29 is 23.8 Å². The lowest BCUT2D eigenvalue weighted by atomic mass is 9.87. The summed E-state index contributed by atoms with van der Waals surface area (Å²) < 4.78 is 15.7. The summed E-state index contributed by atoms with van der Waals surface area (Å²) in [6.45, 7) is 7.81. The number of methoxy groups -OCH3 is 2. The lowest BCUT2D eigenvalue weighted by Gasteiger charge is -2.19. The summed E-state index contributed by atoms with van der Waals surface area (Å²) in [5.74, 6) is 0.0813. The second-order valence-electron chi connectivity index (χ2n) is 7.47. The van der Waals surface area contributed by atoms with Gasteiger partial charge in [0.05, 0.1) is 19.8 Å². The molecule has 6 heteroatoms. The first kappa shape index (κ1) is 21.3. The molecule has 150 valence electrons. The van der Waals surface area contributed by atoms with E-state index in [0.29, 0.717) is 22.7 Å². The molecule has 0 aliphatic heterocycles. The van der Waals surface area contributed by atoms with E-state index in [0.717, 1.165) is 5.56 Å². The number of benzene rings is 2. The van der Waals surface area contributed by atoms with Gasteiger partial charge >= 0.3 is 5.97 Å². The number of carbonyl (C=O) groups excluding carboxylic acids is 2. The summed E-state index contributed by atoms with van der Waals surface area (Å²) >= 11 is 0. The largest absolute Gasteiger partial charge is 0.497 e. The van der Waals surface area contributed by atoms with Crippen LogP contribution in [-0.2, 0) is 14.9 Å².